The van der Waals surface area contributed by atoms with Crippen molar-refractivity contribution in [3.63, 3.8) is 0 Å². The van der Waals surface area contributed by atoms with E-state index in [-0.39, 0.29) is 12.4 Å². The number of aromatic nitrogens is 3. The van der Waals surface area contributed by atoms with Gasteiger partial charge in [-0.2, -0.15) is 5.26 Å². The number of amides is 1. The molecule has 4 rings (SSSR count). The van der Waals surface area contributed by atoms with Crippen molar-refractivity contribution < 1.29 is 14.1 Å². The maximum atomic E-state index is 13.1. The molecule has 0 spiro atoms. The normalized spacial score (nSPS) is 10.7. The number of nitriles is 1. The summed E-state index contributed by atoms with van der Waals surface area (Å²) in [5, 5.41) is 16.5. The molecule has 0 aliphatic heterocycles. The van der Waals surface area contributed by atoms with Crippen LogP contribution in [0, 0.1) is 32.1 Å². The molecule has 1 amide bonds. The SMILES string of the molecule is COc1ccc(-n2c(C)c(C)c(C#N)c2NC(=O)Cn2c(-c3ccccc3C)noc2=O)cc1. The molecule has 4 aromatic rings. The minimum absolute atomic E-state index is 0.261. The monoisotopic (exact) mass is 457 g/mol. The molecule has 0 aliphatic rings. The van der Waals surface area contributed by atoms with Gasteiger partial charge in [0, 0.05) is 16.9 Å². The predicted molar refractivity (Wildman–Crippen MR) is 126 cm³/mol. The third-order valence-electron chi connectivity index (χ3n) is 5.79. The van der Waals surface area contributed by atoms with Crippen molar-refractivity contribution in [2.24, 2.45) is 0 Å². The fraction of sp³-hybridized carbons (Fsp3) is 0.200. The highest BCUT2D eigenvalue weighted by Crippen LogP contribution is 2.31. The summed E-state index contributed by atoms with van der Waals surface area (Å²) in [5.41, 5.74) is 4.22. The van der Waals surface area contributed by atoms with Crippen LogP contribution in [0.5, 0.6) is 5.75 Å². The maximum absolute atomic E-state index is 13.1. The van der Waals surface area contributed by atoms with Crippen molar-refractivity contribution in [2.45, 2.75) is 27.3 Å². The summed E-state index contributed by atoms with van der Waals surface area (Å²) >= 11 is 0. The van der Waals surface area contributed by atoms with Gasteiger partial charge in [0.25, 0.3) is 0 Å². The number of carbonyl (C=O) groups excluding carboxylic acids is 1. The van der Waals surface area contributed by atoms with Crippen LogP contribution >= 0.6 is 0 Å². The van der Waals surface area contributed by atoms with Crippen molar-refractivity contribution in [2.75, 3.05) is 12.4 Å². The Hall–Kier alpha value is -4.58. The summed E-state index contributed by atoms with van der Waals surface area (Å²) in [6.07, 6.45) is 0. The number of hydrogen-bond acceptors (Lipinski definition) is 6. The Balaban J connectivity index is 1.71. The predicted octanol–water partition coefficient (Wildman–Crippen LogP) is 3.74. The molecule has 1 N–H and O–H groups in total. The van der Waals surface area contributed by atoms with E-state index in [1.807, 2.05) is 51.1 Å². The molecule has 9 nitrogen and oxygen atoms in total. The zero-order valence-electron chi connectivity index (χ0n) is 19.2. The Morgan fingerprint density at radius 1 is 1.15 bits per heavy atom. The van der Waals surface area contributed by atoms with Crippen LogP contribution in [-0.2, 0) is 11.3 Å². The molecule has 34 heavy (non-hydrogen) atoms. The van der Waals surface area contributed by atoms with Crippen molar-refractivity contribution in [3.05, 3.63) is 81.5 Å². The number of benzene rings is 2. The van der Waals surface area contributed by atoms with Crippen molar-refractivity contribution in [3.8, 4) is 28.9 Å². The zero-order chi connectivity index (χ0) is 24.4. The van der Waals surface area contributed by atoms with Crippen LogP contribution in [0.3, 0.4) is 0 Å². The molecular weight excluding hydrogens is 434 g/mol. The number of carbonyl (C=O) groups is 1. The topological polar surface area (TPSA) is 115 Å². The van der Waals surface area contributed by atoms with Crippen molar-refractivity contribution in [1.29, 1.82) is 5.26 Å². The quantitative estimate of drug-likeness (QED) is 0.472. The molecule has 0 saturated carbocycles. The number of aryl methyl sites for hydroxylation is 1. The van der Waals surface area contributed by atoms with Crippen LogP contribution in [0.15, 0.2) is 57.8 Å². The van der Waals surface area contributed by atoms with Gasteiger partial charge in [0.05, 0.1) is 12.7 Å². The highest BCUT2D eigenvalue weighted by atomic mass is 16.5. The first-order valence-electron chi connectivity index (χ1n) is 10.5. The molecule has 0 unspecified atom stereocenters. The fourth-order valence-corrected chi connectivity index (χ4v) is 3.86. The lowest BCUT2D eigenvalue weighted by Gasteiger charge is -2.14. The Labute approximate surface area is 195 Å². The largest absolute Gasteiger partial charge is 0.497 e. The van der Waals surface area contributed by atoms with Gasteiger partial charge in [0.1, 0.15) is 24.2 Å². The molecule has 0 saturated heterocycles. The first-order chi connectivity index (χ1) is 16.3. The summed E-state index contributed by atoms with van der Waals surface area (Å²) in [4.78, 5) is 25.4. The summed E-state index contributed by atoms with van der Waals surface area (Å²) in [7, 11) is 1.58. The standard InChI is InChI=1S/C25H23N5O4/c1-15-7-5-6-8-20(15)24-28-34-25(32)29(24)14-22(31)27-23-21(13-26)16(2)17(3)30(23)18-9-11-19(33-4)12-10-18/h5-12H,14H2,1-4H3,(H,27,31). The highest BCUT2D eigenvalue weighted by Gasteiger charge is 2.23. The average molecular weight is 457 g/mol. The highest BCUT2D eigenvalue weighted by molar-refractivity contribution is 5.92. The van der Waals surface area contributed by atoms with E-state index < -0.39 is 11.7 Å². The van der Waals surface area contributed by atoms with Crippen LogP contribution in [0.1, 0.15) is 22.4 Å². The Bertz CT molecular complexity index is 1470. The summed E-state index contributed by atoms with van der Waals surface area (Å²) < 4.78 is 13.0. The number of nitrogens with one attached hydrogen (secondary N) is 1. The number of nitrogens with zero attached hydrogens (tertiary/aromatic N) is 4. The van der Waals surface area contributed by atoms with E-state index in [2.05, 4.69) is 16.5 Å². The number of rotatable bonds is 6. The maximum Gasteiger partial charge on any atom is 0.442 e. The molecule has 0 bridgehead atoms. The molecule has 0 atom stereocenters. The van der Waals surface area contributed by atoms with E-state index in [4.69, 9.17) is 9.26 Å². The van der Waals surface area contributed by atoms with E-state index in [9.17, 15) is 14.9 Å². The lowest BCUT2D eigenvalue weighted by atomic mass is 10.1. The number of methoxy groups -OCH3 is 1. The van der Waals surface area contributed by atoms with E-state index >= 15 is 0 Å². The minimum atomic E-state index is -0.744. The van der Waals surface area contributed by atoms with Crippen molar-refractivity contribution in [1.82, 2.24) is 14.3 Å². The van der Waals surface area contributed by atoms with Crippen molar-refractivity contribution >= 4 is 11.7 Å². The van der Waals surface area contributed by atoms with Gasteiger partial charge in [-0.15, -0.1) is 0 Å². The van der Waals surface area contributed by atoms with Crippen LogP contribution in [0.2, 0.25) is 0 Å². The molecule has 9 heteroatoms. The summed E-state index contributed by atoms with van der Waals surface area (Å²) in [6, 6.07) is 16.8. The van der Waals surface area contributed by atoms with Crippen LogP contribution in [0.25, 0.3) is 17.1 Å². The second-order valence-electron chi connectivity index (χ2n) is 7.80. The van der Waals surface area contributed by atoms with Gasteiger partial charge in [-0.25, -0.2) is 9.36 Å². The van der Waals surface area contributed by atoms with Gasteiger partial charge in [0.15, 0.2) is 5.82 Å². The molecule has 2 aromatic carbocycles. The van der Waals surface area contributed by atoms with Crippen LogP contribution < -0.4 is 15.8 Å². The molecule has 0 radical (unpaired) electrons. The molecule has 172 valence electrons. The smallest absolute Gasteiger partial charge is 0.442 e. The van der Waals surface area contributed by atoms with Gasteiger partial charge >= 0.3 is 5.76 Å². The molecule has 0 fully saturated rings. The molecular formula is C25H23N5O4. The van der Waals surface area contributed by atoms with E-state index in [0.717, 1.165) is 22.5 Å². The Morgan fingerprint density at radius 2 is 1.85 bits per heavy atom. The van der Waals surface area contributed by atoms with Gasteiger partial charge in [-0.1, -0.05) is 29.4 Å². The first kappa shape index (κ1) is 22.6. The second-order valence-corrected chi connectivity index (χ2v) is 7.80. The zero-order valence-corrected chi connectivity index (χ0v) is 19.2. The number of ether oxygens (including phenoxy) is 1. The molecule has 2 aromatic heterocycles. The average Bonchev–Trinajstić information content (AvgIpc) is 3.30. The molecule has 0 aliphatic carbocycles. The fourth-order valence-electron chi connectivity index (χ4n) is 3.86. The Kier molecular flexibility index (Phi) is 6.06. The van der Waals surface area contributed by atoms with E-state index in [0.29, 0.717) is 22.7 Å². The summed E-state index contributed by atoms with van der Waals surface area (Å²) in [6.45, 7) is 5.25. The van der Waals surface area contributed by atoms with Crippen LogP contribution in [-0.4, -0.2) is 27.3 Å². The third kappa shape index (κ3) is 3.97. The minimum Gasteiger partial charge on any atom is -0.497 e. The van der Waals surface area contributed by atoms with Gasteiger partial charge in [-0.3, -0.25) is 13.9 Å². The Morgan fingerprint density at radius 3 is 2.50 bits per heavy atom. The van der Waals surface area contributed by atoms with Gasteiger partial charge in [-0.05, 0) is 56.2 Å². The number of hydrogen-bond donors (Lipinski definition) is 1. The third-order valence-corrected chi connectivity index (χ3v) is 5.79. The second kappa shape index (κ2) is 9.11. The first-order valence-corrected chi connectivity index (χ1v) is 10.5. The lowest BCUT2D eigenvalue weighted by Crippen LogP contribution is -2.26. The molecule has 2 heterocycles. The van der Waals surface area contributed by atoms with E-state index in [1.165, 1.54) is 4.57 Å². The number of anilines is 1. The van der Waals surface area contributed by atoms with Gasteiger partial charge in [0.2, 0.25) is 5.91 Å². The van der Waals surface area contributed by atoms with E-state index in [1.54, 1.807) is 29.9 Å². The lowest BCUT2D eigenvalue weighted by molar-refractivity contribution is -0.116. The van der Waals surface area contributed by atoms with Crippen LogP contribution in [0.4, 0.5) is 5.82 Å². The van der Waals surface area contributed by atoms with Gasteiger partial charge < -0.3 is 10.1 Å². The summed E-state index contributed by atoms with van der Waals surface area (Å²) in [5.74, 6) is 0.0360.